The first-order valence-corrected chi connectivity index (χ1v) is 31.5. The van der Waals surface area contributed by atoms with Crippen LogP contribution >= 0.6 is 0 Å². The molecule has 14 heteroatoms. The van der Waals surface area contributed by atoms with Crippen molar-refractivity contribution in [3.8, 4) is 0 Å². The number of esters is 2. The number of ketones is 2. The summed E-state index contributed by atoms with van der Waals surface area (Å²) in [4.78, 5) is 102. The van der Waals surface area contributed by atoms with Gasteiger partial charge in [-0.05, 0) is 135 Å². The second kappa shape index (κ2) is 22.6. The van der Waals surface area contributed by atoms with E-state index in [4.69, 9.17) is 15.2 Å². The molecule has 2 aliphatic heterocycles. The summed E-state index contributed by atoms with van der Waals surface area (Å²) in [6, 6.07) is -2.09. The molecular weight excluding hydrogens is 995 g/mol. The number of nitrogens with two attached hydrogens (primary N) is 1. The Morgan fingerprint density at radius 1 is 0.557 bits per heavy atom. The normalized spacial score (nSPS) is 32.0. The zero-order valence-electron chi connectivity index (χ0n) is 51.8. The first-order valence-electron chi connectivity index (χ1n) is 31.5. The number of amides is 3. The average Bonchev–Trinajstić information content (AvgIpc) is 3.96. The third-order valence-electron chi connectivity index (χ3n) is 24.7. The molecule has 7 aliphatic carbocycles. The highest BCUT2D eigenvalue weighted by Crippen LogP contribution is 2.89. The van der Waals surface area contributed by atoms with E-state index in [0.717, 1.165) is 96.3 Å². The number of nitrogens with one attached hydrogen (secondary N) is 1. The lowest BCUT2D eigenvalue weighted by Gasteiger charge is -2.38. The minimum absolute atomic E-state index is 0.00841. The van der Waals surface area contributed by atoms with Crippen LogP contribution < -0.4 is 11.1 Å². The molecule has 10 atom stereocenters. The SMILES string of the molecule is COC(=O)[C@@H]1C[C@@]2(CN1C(=O)[C@@H](CC(=O)[C@@H](N)C1CCCCC1)C(C)(C)C)C(C)(C)C21CCC1.COC(=O)[C@@H]1C[C@@]2(CN1C(=O)[C@@H](CC(=O)[C@@H](NC(=O)[C@@H]1CCCCC1N(C)C)C1CCCCC1)C(C)(C)C)C(C)(C)C21CCC1. The lowest BCUT2D eigenvalue weighted by molar-refractivity contribution is -0.154. The van der Waals surface area contributed by atoms with E-state index in [0.29, 0.717) is 25.9 Å². The zero-order valence-corrected chi connectivity index (χ0v) is 51.8. The number of ether oxygens (including phenoxy) is 2. The van der Waals surface area contributed by atoms with Crippen LogP contribution in [-0.4, -0.2) is 128 Å². The number of methoxy groups -OCH3 is 2. The number of carbonyl (C=O) groups is 7. The molecule has 79 heavy (non-hydrogen) atoms. The number of likely N-dealkylation sites (tertiary alicyclic amines) is 2. The molecule has 9 fully saturated rings. The Balaban J connectivity index is 0.000000216. The van der Waals surface area contributed by atoms with Crippen molar-refractivity contribution in [2.45, 2.75) is 254 Å². The summed E-state index contributed by atoms with van der Waals surface area (Å²) in [6.07, 6.45) is 23.1. The first kappa shape index (κ1) is 61.7. The number of carbonyl (C=O) groups excluding carboxylic acids is 7. The van der Waals surface area contributed by atoms with Crippen molar-refractivity contribution in [1.82, 2.24) is 20.0 Å². The van der Waals surface area contributed by atoms with Gasteiger partial charge in [-0.3, -0.25) is 24.0 Å². The largest absolute Gasteiger partial charge is 0.467 e. The van der Waals surface area contributed by atoms with Gasteiger partial charge in [0, 0.05) is 54.6 Å². The van der Waals surface area contributed by atoms with E-state index >= 15 is 0 Å². The summed E-state index contributed by atoms with van der Waals surface area (Å²) >= 11 is 0. The van der Waals surface area contributed by atoms with Crippen LogP contribution in [0, 0.1) is 72.9 Å². The predicted molar refractivity (Wildman–Crippen MR) is 307 cm³/mol. The molecule has 2 heterocycles. The number of nitrogens with zero attached hydrogens (tertiary/aromatic N) is 3. The van der Waals surface area contributed by atoms with Gasteiger partial charge in [-0.2, -0.15) is 0 Å². The molecule has 9 aliphatic rings. The number of Topliss-reactive ketones (excluding diaryl/α,β-unsaturated/α-hetero) is 2. The maximum atomic E-state index is 14.7. The molecule has 2 saturated heterocycles. The molecule has 0 aromatic heterocycles. The van der Waals surface area contributed by atoms with E-state index in [1.54, 1.807) is 9.80 Å². The van der Waals surface area contributed by atoms with Gasteiger partial charge in [-0.15, -0.1) is 0 Å². The smallest absolute Gasteiger partial charge is 0.328 e. The van der Waals surface area contributed by atoms with Gasteiger partial charge in [0.1, 0.15) is 12.1 Å². The van der Waals surface area contributed by atoms with E-state index in [1.807, 2.05) is 55.6 Å². The number of rotatable bonds is 15. The van der Waals surface area contributed by atoms with Gasteiger partial charge >= 0.3 is 11.9 Å². The van der Waals surface area contributed by atoms with Crippen molar-refractivity contribution in [3.63, 3.8) is 0 Å². The standard InChI is InChI=1S/C37H61N3O5.C28H46N2O4/c1-34(2,3)26(32(43)40-23-37(22-28(40)33(44)45-8)35(4,5)36(37)19-14-20-36)21-29(41)30(24-15-10-9-11-16-24)38-31(42)25-17-12-13-18-27(25)39(6)7;1-25(2,3)19(15-21(31)22(29)18-11-8-7-9-12-18)23(32)30-17-28(16-20(30)24(33)34-6)26(4,5)27(28)13-10-14-27/h24-28,30H,9-23H2,1-8H3,(H,38,42);18-20,22H,7-17,29H2,1-6H3/t25-,26-,27?,28+,30+,37-;19-,20+,22+,28-/m11/s1. The minimum atomic E-state index is -0.621. The maximum Gasteiger partial charge on any atom is 0.328 e. The fourth-order valence-corrected chi connectivity index (χ4v) is 18.9. The summed E-state index contributed by atoms with van der Waals surface area (Å²) in [5, 5.41) is 3.29. The van der Waals surface area contributed by atoms with Gasteiger partial charge in [-0.1, -0.05) is 133 Å². The van der Waals surface area contributed by atoms with E-state index in [-0.39, 0.29) is 110 Å². The van der Waals surface area contributed by atoms with Crippen molar-refractivity contribution >= 4 is 41.2 Å². The topological polar surface area (TPSA) is 186 Å². The van der Waals surface area contributed by atoms with Crippen LogP contribution in [0.15, 0.2) is 0 Å². The van der Waals surface area contributed by atoms with Crippen LogP contribution in [0.5, 0.6) is 0 Å². The van der Waals surface area contributed by atoms with Crippen molar-refractivity contribution < 1.29 is 43.0 Å². The second-order valence-electron chi connectivity index (χ2n) is 30.6. The highest BCUT2D eigenvalue weighted by atomic mass is 16.5. The summed E-state index contributed by atoms with van der Waals surface area (Å²) in [7, 11) is 6.89. The van der Waals surface area contributed by atoms with Crippen LogP contribution in [-0.2, 0) is 43.0 Å². The summed E-state index contributed by atoms with van der Waals surface area (Å²) in [6.45, 7) is 22.5. The third-order valence-corrected chi connectivity index (χ3v) is 24.7. The number of fused-ring (bicyclic) bond motifs is 2. The molecule has 3 amide bonds. The van der Waals surface area contributed by atoms with Crippen LogP contribution in [0.3, 0.4) is 0 Å². The molecular formula is C65H107N5O9. The summed E-state index contributed by atoms with van der Waals surface area (Å²) < 4.78 is 10.4. The van der Waals surface area contributed by atoms with Gasteiger partial charge in [0.15, 0.2) is 11.6 Å². The van der Waals surface area contributed by atoms with Crippen molar-refractivity contribution in [2.75, 3.05) is 41.4 Å². The van der Waals surface area contributed by atoms with Crippen LogP contribution in [0.1, 0.15) is 223 Å². The Kier molecular flexibility index (Phi) is 17.7. The Hall–Kier alpha value is -3.39. The third kappa shape index (κ3) is 10.5. The fraction of sp³-hybridized carbons (Fsp3) is 0.892. The first-order chi connectivity index (χ1) is 36.9. The van der Waals surface area contributed by atoms with Crippen molar-refractivity contribution in [3.05, 3.63) is 0 Å². The lowest BCUT2D eigenvalue weighted by atomic mass is 9.73. The predicted octanol–water partition coefficient (Wildman–Crippen LogP) is 10.2. The number of hydrogen-bond donors (Lipinski definition) is 2. The molecule has 446 valence electrons. The highest BCUT2D eigenvalue weighted by molar-refractivity contribution is 5.95. The van der Waals surface area contributed by atoms with Crippen LogP contribution in [0.2, 0.25) is 0 Å². The van der Waals surface area contributed by atoms with Crippen LogP contribution in [0.25, 0.3) is 0 Å². The fourth-order valence-electron chi connectivity index (χ4n) is 18.9. The van der Waals surface area contributed by atoms with Gasteiger partial charge in [0.05, 0.1) is 32.2 Å². The lowest BCUT2D eigenvalue weighted by Crippen LogP contribution is -2.54. The highest BCUT2D eigenvalue weighted by Gasteiger charge is 2.86. The molecule has 3 N–H and O–H groups in total. The zero-order chi connectivity index (χ0) is 58.1. The summed E-state index contributed by atoms with van der Waals surface area (Å²) in [5.74, 6) is -1.86. The van der Waals surface area contributed by atoms with E-state index in [2.05, 4.69) is 37.9 Å². The van der Waals surface area contributed by atoms with Crippen LogP contribution in [0.4, 0.5) is 0 Å². The number of hydrogen-bond acceptors (Lipinski definition) is 11. The van der Waals surface area contributed by atoms with Crippen molar-refractivity contribution in [1.29, 1.82) is 0 Å². The van der Waals surface area contributed by atoms with E-state index in [1.165, 1.54) is 46.3 Å². The maximum absolute atomic E-state index is 14.7. The van der Waals surface area contributed by atoms with E-state index in [9.17, 15) is 33.6 Å². The molecule has 0 aromatic carbocycles. The Morgan fingerprint density at radius 3 is 1.32 bits per heavy atom. The summed E-state index contributed by atoms with van der Waals surface area (Å²) in [5.41, 5.74) is 6.00. The molecule has 0 bridgehead atoms. The van der Waals surface area contributed by atoms with Gasteiger partial charge in [0.2, 0.25) is 17.7 Å². The van der Waals surface area contributed by atoms with E-state index < -0.39 is 46.8 Å². The molecule has 0 radical (unpaired) electrons. The molecule has 1 unspecified atom stereocenters. The average molecular weight is 1100 g/mol. The quantitative estimate of drug-likeness (QED) is 0.149. The second-order valence-corrected chi connectivity index (χ2v) is 30.6. The monoisotopic (exact) mass is 1100 g/mol. The molecule has 14 nitrogen and oxygen atoms in total. The van der Waals surface area contributed by atoms with Gasteiger partial charge in [0.25, 0.3) is 0 Å². The Morgan fingerprint density at radius 2 is 0.949 bits per heavy atom. The molecule has 0 aromatic rings. The van der Waals surface area contributed by atoms with Crippen molar-refractivity contribution in [2.24, 2.45) is 78.6 Å². The molecule has 9 rings (SSSR count). The Bertz CT molecular complexity index is 2290. The Labute approximate surface area is 476 Å². The van der Waals surface area contributed by atoms with Gasteiger partial charge < -0.3 is 35.2 Å². The van der Waals surface area contributed by atoms with Gasteiger partial charge in [-0.25, -0.2) is 9.59 Å². The molecule has 4 spiro atoms. The minimum Gasteiger partial charge on any atom is -0.467 e. The molecule has 7 saturated carbocycles.